The smallest absolute Gasteiger partial charge is 0.00703 e. The summed E-state index contributed by atoms with van der Waals surface area (Å²) in [7, 11) is 0. The lowest BCUT2D eigenvalue weighted by molar-refractivity contribution is 0.587. The Morgan fingerprint density at radius 1 is 1.50 bits per heavy atom. The minimum atomic E-state index is 0.905. The zero-order valence-electron chi connectivity index (χ0n) is 5.68. The molecule has 0 bridgehead atoms. The maximum atomic E-state index is 2.32. The molecule has 0 N–H and O–H groups in total. The summed E-state index contributed by atoms with van der Waals surface area (Å²) < 4.78 is 0. The first-order valence-corrected chi connectivity index (χ1v) is 4.47. The van der Waals surface area contributed by atoms with Crippen LogP contribution in [0.2, 0.25) is 0 Å². The number of hydrogen-bond donors (Lipinski definition) is 0. The van der Waals surface area contributed by atoms with Crippen LogP contribution in [0.3, 0.4) is 0 Å². The van der Waals surface area contributed by atoms with Gasteiger partial charge in [0.2, 0.25) is 0 Å². The zero-order valence-corrected chi connectivity index (χ0v) is 6.50. The van der Waals surface area contributed by atoms with Crippen LogP contribution in [0.1, 0.15) is 26.7 Å². The minimum absolute atomic E-state index is 0.905. The lowest BCUT2D eigenvalue weighted by atomic mass is 10.1. The molecule has 0 aromatic carbocycles. The summed E-state index contributed by atoms with van der Waals surface area (Å²) in [5, 5.41) is 0.981. The molecule has 1 atom stereocenters. The quantitative estimate of drug-likeness (QED) is 0.525. The molecular weight excluding hydrogens is 116 g/mol. The van der Waals surface area contributed by atoms with E-state index in [9.17, 15) is 0 Å². The van der Waals surface area contributed by atoms with E-state index in [1.54, 1.807) is 0 Å². The second-order valence-corrected chi connectivity index (χ2v) is 4.14. The van der Waals surface area contributed by atoms with E-state index in [-0.39, 0.29) is 0 Å². The van der Waals surface area contributed by atoms with Gasteiger partial charge in [-0.3, -0.25) is 0 Å². The first-order valence-electron chi connectivity index (χ1n) is 3.42. The van der Waals surface area contributed by atoms with Crippen LogP contribution in [0.25, 0.3) is 0 Å². The van der Waals surface area contributed by atoms with E-state index < -0.39 is 0 Å². The molecule has 1 aliphatic rings. The maximum absolute atomic E-state index is 2.32. The molecule has 1 saturated heterocycles. The average molecular weight is 130 g/mol. The van der Waals surface area contributed by atoms with Crippen molar-refractivity contribution in [1.82, 2.24) is 0 Å². The summed E-state index contributed by atoms with van der Waals surface area (Å²) in [5.74, 6) is 2.31. The third-order valence-corrected chi connectivity index (χ3v) is 3.44. The first kappa shape index (κ1) is 6.47. The lowest BCUT2D eigenvalue weighted by Gasteiger charge is -2.10. The van der Waals surface area contributed by atoms with Crippen LogP contribution >= 0.6 is 11.8 Å². The van der Waals surface area contributed by atoms with Gasteiger partial charge in [0.25, 0.3) is 0 Å². The predicted molar refractivity (Wildman–Crippen MR) is 40.3 cm³/mol. The minimum Gasteiger partial charge on any atom is -0.158 e. The van der Waals surface area contributed by atoms with E-state index in [0.29, 0.717) is 0 Å². The molecule has 48 valence electrons. The second-order valence-electron chi connectivity index (χ2n) is 2.80. The van der Waals surface area contributed by atoms with Gasteiger partial charge in [0, 0.05) is 5.25 Å². The van der Waals surface area contributed by atoms with Crippen LogP contribution in [0, 0.1) is 5.92 Å². The Labute approximate surface area is 56.0 Å². The van der Waals surface area contributed by atoms with Crippen LogP contribution in [-0.4, -0.2) is 11.0 Å². The van der Waals surface area contributed by atoms with Crippen molar-refractivity contribution in [2.24, 2.45) is 5.92 Å². The van der Waals surface area contributed by atoms with Crippen LogP contribution in [0.4, 0.5) is 0 Å². The molecule has 0 saturated carbocycles. The molecule has 0 aliphatic carbocycles. The molecule has 8 heavy (non-hydrogen) atoms. The highest BCUT2D eigenvalue weighted by molar-refractivity contribution is 8.00. The highest BCUT2D eigenvalue weighted by atomic mass is 32.2. The van der Waals surface area contributed by atoms with Crippen molar-refractivity contribution in [2.75, 3.05) is 5.75 Å². The summed E-state index contributed by atoms with van der Waals surface area (Å²) in [4.78, 5) is 0. The van der Waals surface area contributed by atoms with Crippen molar-refractivity contribution >= 4 is 11.8 Å². The van der Waals surface area contributed by atoms with Crippen molar-refractivity contribution in [3.8, 4) is 0 Å². The third kappa shape index (κ3) is 1.41. The van der Waals surface area contributed by atoms with Crippen molar-refractivity contribution in [3.63, 3.8) is 0 Å². The molecule has 1 heterocycles. The summed E-state index contributed by atoms with van der Waals surface area (Å²) in [6.07, 6.45) is 2.91. The van der Waals surface area contributed by atoms with E-state index in [4.69, 9.17) is 0 Å². The maximum Gasteiger partial charge on any atom is 0.00703 e. The molecule has 0 spiro atoms. The Bertz CT molecular complexity index is 62.8. The molecule has 0 nitrogen and oxygen atoms in total. The molecule has 0 unspecified atom stereocenters. The SMILES string of the molecule is CC(C)[C@@H]1CCCS1. The van der Waals surface area contributed by atoms with Gasteiger partial charge in [0.15, 0.2) is 0 Å². The Balaban J connectivity index is 2.24. The number of rotatable bonds is 1. The Morgan fingerprint density at radius 3 is 2.50 bits per heavy atom. The molecule has 0 aromatic heterocycles. The zero-order chi connectivity index (χ0) is 5.98. The molecule has 1 aliphatic heterocycles. The Kier molecular flexibility index (Phi) is 2.24. The fraction of sp³-hybridized carbons (Fsp3) is 1.00. The molecule has 0 radical (unpaired) electrons. The van der Waals surface area contributed by atoms with Gasteiger partial charge in [-0.2, -0.15) is 11.8 Å². The van der Waals surface area contributed by atoms with E-state index >= 15 is 0 Å². The average Bonchev–Trinajstić information content (AvgIpc) is 2.12. The first-order chi connectivity index (χ1) is 3.80. The van der Waals surface area contributed by atoms with Gasteiger partial charge >= 0.3 is 0 Å². The highest BCUT2D eigenvalue weighted by Gasteiger charge is 2.17. The van der Waals surface area contributed by atoms with Crippen molar-refractivity contribution < 1.29 is 0 Å². The monoisotopic (exact) mass is 130 g/mol. The largest absolute Gasteiger partial charge is 0.158 e. The van der Waals surface area contributed by atoms with Crippen LogP contribution in [-0.2, 0) is 0 Å². The van der Waals surface area contributed by atoms with Gasteiger partial charge in [-0.1, -0.05) is 13.8 Å². The third-order valence-electron chi connectivity index (χ3n) is 1.71. The fourth-order valence-corrected chi connectivity index (χ4v) is 2.48. The summed E-state index contributed by atoms with van der Waals surface area (Å²) in [6, 6.07) is 0. The summed E-state index contributed by atoms with van der Waals surface area (Å²) in [5.41, 5.74) is 0. The summed E-state index contributed by atoms with van der Waals surface area (Å²) >= 11 is 2.15. The van der Waals surface area contributed by atoms with Gasteiger partial charge in [-0.15, -0.1) is 0 Å². The van der Waals surface area contributed by atoms with E-state index in [2.05, 4.69) is 25.6 Å². The number of thioether (sulfide) groups is 1. The van der Waals surface area contributed by atoms with E-state index in [0.717, 1.165) is 11.2 Å². The van der Waals surface area contributed by atoms with Gasteiger partial charge in [0.1, 0.15) is 0 Å². The molecule has 0 aromatic rings. The molecule has 1 rings (SSSR count). The normalized spacial score (nSPS) is 29.6. The van der Waals surface area contributed by atoms with E-state index in [1.165, 1.54) is 18.6 Å². The van der Waals surface area contributed by atoms with Crippen molar-refractivity contribution in [1.29, 1.82) is 0 Å². The fourth-order valence-electron chi connectivity index (χ4n) is 1.13. The molecule has 1 fully saturated rings. The highest BCUT2D eigenvalue weighted by Crippen LogP contribution is 2.31. The molecule has 0 amide bonds. The van der Waals surface area contributed by atoms with Crippen molar-refractivity contribution in [3.05, 3.63) is 0 Å². The van der Waals surface area contributed by atoms with Gasteiger partial charge < -0.3 is 0 Å². The predicted octanol–water partition coefficient (Wildman–Crippen LogP) is 2.54. The topological polar surface area (TPSA) is 0 Å². The summed E-state index contributed by atoms with van der Waals surface area (Å²) in [6.45, 7) is 4.64. The van der Waals surface area contributed by atoms with Gasteiger partial charge in [-0.25, -0.2) is 0 Å². The van der Waals surface area contributed by atoms with Crippen LogP contribution < -0.4 is 0 Å². The van der Waals surface area contributed by atoms with Gasteiger partial charge in [0.05, 0.1) is 0 Å². The number of hydrogen-bond acceptors (Lipinski definition) is 1. The van der Waals surface area contributed by atoms with Crippen LogP contribution in [0.5, 0.6) is 0 Å². The van der Waals surface area contributed by atoms with Gasteiger partial charge in [-0.05, 0) is 24.5 Å². The Hall–Kier alpha value is 0.350. The lowest BCUT2D eigenvalue weighted by Crippen LogP contribution is -2.05. The standard InChI is InChI=1S/C7H14S/c1-6(2)7-4-3-5-8-7/h6-7H,3-5H2,1-2H3/t7-/m0/s1. The van der Waals surface area contributed by atoms with Crippen LogP contribution in [0.15, 0.2) is 0 Å². The molecule has 1 heteroatoms. The second kappa shape index (κ2) is 2.77. The van der Waals surface area contributed by atoms with E-state index in [1.807, 2.05) is 0 Å². The Morgan fingerprint density at radius 2 is 2.25 bits per heavy atom. The van der Waals surface area contributed by atoms with Crippen molar-refractivity contribution in [2.45, 2.75) is 31.9 Å². The molecular formula is C7H14S.